The quantitative estimate of drug-likeness (QED) is 0.770. The lowest BCUT2D eigenvalue weighted by molar-refractivity contribution is -0.116. The molecule has 1 aliphatic rings. The van der Waals surface area contributed by atoms with Gasteiger partial charge in [0.15, 0.2) is 5.82 Å². The summed E-state index contributed by atoms with van der Waals surface area (Å²) in [5.41, 5.74) is 0.699. The van der Waals surface area contributed by atoms with E-state index in [4.69, 9.17) is 4.74 Å². The number of carbonyl (C=O) groups excluding carboxylic acids is 1. The van der Waals surface area contributed by atoms with E-state index in [-0.39, 0.29) is 23.5 Å². The van der Waals surface area contributed by atoms with Gasteiger partial charge in [0.05, 0.1) is 12.3 Å². The first kappa shape index (κ1) is 16.2. The molecule has 1 aliphatic heterocycles. The van der Waals surface area contributed by atoms with Crippen molar-refractivity contribution in [1.29, 1.82) is 0 Å². The largest absolute Gasteiger partial charge is 0.383 e. The highest BCUT2D eigenvalue weighted by Gasteiger charge is 2.30. The molecule has 2 heterocycles. The Morgan fingerprint density at radius 3 is 3.04 bits per heavy atom. The molecule has 1 amide bonds. The van der Waals surface area contributed by atoms with E-state index >= 15 is 0 Å². The lowest BCUT2D eigenvalue weighted by atomic mass is 10.3. The minimum Gasteiger partial charge on any atom is -0.383 e. The van der Waals surface area contributed by atoms with Crippen molar-refractivity contribution in [3.05, 3.63) is 34.8 Å². The summed E-state index contributed by atoms with van der Waals surface area (Å²) in [4.78, 5) is 20.3. The maximum Gasteiger partial charge on any atom is 0.240 e. The molecule has 1 aromatic heterocycles. The summed E-state index contributed by atoms with van der Waals surface area (Å²) in [6, 6.07) is 4.64. The average Bonchev–Trinajstić information content (AvgIpc) is 2.52. The molecule has 0 saturated carbocycles. The van der Waals surface area contributed by atoms with Gasteiger partial charge >= 0.3 is 0 Å². The number of nitrogens with one attached hydrogen (secondary N) is 2. The van der Waals surface area contributed by atoms with E-state index in [0.29, 0.717) is 21.0 Å². The van der Waals surface area contributed by atoms with E-state index in [2.05, 4.69) is 36.5 Å². The van der Waals surface area contributed by atoms with Crippen LogP contribution in [0.25, 0.3) is 0 Å². The fraction of sp³-hybridized carbons (Fsp3) is 0.214. The third-order valence-electron chi connectivity index (χ3n) is 3.11. The number of aromatic nitrogens is 2. The van der Waals surface area contributed by atoms with Crippen molar-refractivity contribution in [2.45, 2.75) is 10.3 Å². The monoisotopic (exact) mass is 398 g/mol. The van der Waals surface area contributed by atoms with Gasteiger partial charge in [-0.05, 0) is 18.2 Å². The van der Waals surface area contributed by atoms with E-state index in [0.717, 1.165) is 0 Å². The van der Waals surface area contributed by atoms with Gasteiger partial charge in [-0.2, -0.15) is 0 Å². The second-order valence-corrected chi connectivity index (χ2v) is 6.81. The number of halogens is 2. The standard InChI is InChI=1S/C14H12BrFN4O2S/c1-22-5-10-13(21)20-11-12(17-6-18-14(11)23-10)19-9-3-2-7(15)4-8(9)16/h2-4,6,10H,5H2,1H3,(H,20,21)(H,17,18,19). The summed E-state index contributed by atoms with van der Waals surface area (Å²) in [5.74, 6) is -0.287. The number of hydrogen-bond donors (Lipinski definition) is 2. The number of methoxy groups -OCH3 is 1. The zero-order valence-electron chi connectivity index (χ0n) is 12.0. The SMILES string of the molecule is COCC1Sc2ncnc(Nc3ccc(Br)cc3F)c2NC1=O. The molecule has 1 aromatic carbocycles. The summed E-state index contributed by atoms with van der Waals surface area (Å²) in [6.45, 7) is 0.282. The van der Waals surface area contributed by atoms with Gasteiger partial charge in [0.25, 0.3) is 0 Å². The fourth-order valence-electron chi connectivity index (χ4n) is 2.04. The van der Waals surface area contributed by atoms with Crippen LogP contribution in [0.5, 0.6) is 0 Å². The van der Waals surface area contributed by atoms with Gasteiger partial charge in [0.1, 0.15) is 28.1 Å². The molecule has 0 saturated heterocycles. The van der Waals surface area contributed by atoms with E-state index in [1.165, 1.54) is 31.3 Å². The number of rotatable bonds is 4. The third-order valence-corrected chi connectivity index (χ3v) is 4.77. The second kappa shape index (κ2) is 6.81. The van der Waals surface area contributed by atoms with Gasteiger partial charge in [-0.25, -0.2) is 14.4 Å². The van der Waals surface area contributed by atoms with E-state index in [9.17, 15) is 9.18 Å². The van der Waals surface area contributed by atoms with Gasteiger partial charge in [0, 0.05) is 11.6 Å². The summed E-state index contributed by atoms with van der Waals surface area (Å²) in [5, 5.41) is 5.88. The number of hydrogen-bond acceptors (Lipinski definition) is 6. The van der Waals surface area contributed by atoms with Crippen molar-refractivity contribution >= 4 is 50.8 Å². The number of fused-ring (bicyclic) bond motifs is 1. The van der Waals surface area contributed by atoms with Crippen molar-refractivity contribution in [3.8, 4) is 0 Å². The van der Waals surface area contributed by atoms with Crippen LogP contribution in [0.3, 0.4) is 0 Å². The second-order valence-electron chi connectivity index (χ2n) is 4.70. The van der Waals surface area contributed by atoms with Crippen LogP contribution in [-0.2, 0) is 9.53 Å². The van der Waals surface area contributed by atoms with Crippen molar-refractivity contribution in [2.75, 3.05) is 24.4 Å². The van der Waals surface area contributed by atoms with Gasteiger partial charge in [0.2, 0.25) is 5.91 Å². The average molecular weight is 399 g/mol. The van der Waals surface area contributed by atoms with Crippen LogP contribution in [0.15, 0.2) is 34.0 Å². The molecule has 0 spiro atoms. The van der Waals surface area contributed by atoms with Crippen LogP contribution in [0.4, 0.5) is 21.6 Å². The molecular weight excluding hydrogens is 387 g/mol. The molecular formula is C14H12BrFN4O2S. The van der Waals surface area contributed by atoms with Gasteiger partial charge in [-0.3, -0.25) is 4.79 Å². The van der Waals surface area contributed by atoms with Crippen molar-refractivity contribution < 1.29 is 13.9 Å². The first-order valence-corrected chi connectivity index (χ1v) is 8.29. The molecule has 2 aromatic rings. The highest BCUT2D eigenvalue weighted by molar-refractivity contribution is 9.10. The Morgan fingerprint density at radius 2 is 2.30 bits per heavy atom. The first-order chi connectivity index (χ1) is 11.1. The van der Waals surface area contributed by atoms with Gasteiger partial charge in [-0.1, -0.05) is 27.7 Å². The summed E-state index contributed by atoms with van der Waals surface area (Å²) in [6.07, 6.45) is 1.37. The van der Waals surface area contributed by atoms with E-state index in [1.54, 1.807) is 12.1 Å². The maximum absolute atomic E-state index is 14.0. The van der Waals surface area contributed by atoms with Gasteiger partial charge < -0.3 is 15.4 Å². The molecule has 3 rings (SSSR count). The summed E-state index contributed by atoms with van der Waals surface area (Å²) in [7, 11) is 1.53. The van der Waals surface area contributed by atoms with Crippen LogP contribution >= 0.6 is 27.7 Å². The van der Waals surface area contributed by atoms with Crippen LogP contribution in [-0.4, -0.2) is 34.8 Å². The van der Waals surface area contributed by atoms with Crippen molar-refractivity contribution in [3.63, 3.8) is 0 Å². The molecule has 6 nitrogen and oxygen atoms in total. The molecule has 9 heteroatoms. The lowest BCUT2D eigenvalue weighted by Gasteiger charge is -2.24. The molecule has 0 fully saturated rings. The number of amides is 1. The Hall–Kier alpha value is -1.71. The lowest BCUT2D eigenvalue weighted by Crippen LogP contribution is -2.33. The van der Waals surface area contributed by atoms with Crippen molar-refractivity contribution in [2.24, 2.45) is 0 Å². The molecule has 1 unspecified atom stereocenters. The van der Waals surface area contributed by atoms with Crippen LogP contribution < -0.4 is 10.6 Å². The molecule has 120 valence electrons. The molecule has 0 aliphatic carbocycles. The molecule has 0 radical (unpaired) electrons. The number of carbonyl (C=O) groups is 1. The Balaban J connectivity index is 1.91. The number of benzene rings is 1. The zero-order chi connectivity index (χ0) is 16.4. The number of thioether (sulfide) groups is 1. The number of anilines is 3. The number of nitrogens with zero attached hydrogens (tertiary/aromatic N) is 2. The maximum atomic E-state index is 14.0. The minimum atomic E-state index is -0.432. The Bertz CT molecular complexity index is 762. The minimum absolute atomic E-state index is 0.196. The third kappa shape index (κ3) is 3.46. The van der Waals surface area contributed by atoms with E-state index < -0.39 is 5.82 Å². The predicted octanol–water partition coefficient (Wildman–Crippen LogP) is 3.18. The summed E-state index contributed by atoms with van der Waals surface area (Å²) >= 11 is 4.50. The molecule has 0 bridgehead atoms. The molecule has 23 heavy (non-hydrogen) atoms. The fourth-order valence-corrected chi connectivity index (χ4v) is 3.38. The normalized spacial score (nSPS) is 16.7. The zero-order valence-corrected chi connectivity index (χ0v) is 14.4. The Labute approximate surface area is 144 Å². The molecule has 1 atom stereocenters. The Kier molecular flexibility index (Phi) is 4.79. The van der Waals surface area contributed by atoms with E-state index in [1.807, 2.05) is 0 Å². The highest BCUT2D eigenvalue weighted by atomic mass is 79.9. The van der Waals surface area contributed by atoms with Crippen LogP contribution in [0, 0.1) is 5.82 Å². The Morgan fingerprint density at radius 1 is 1.48 bits per heavy atom. The van der Waals surface area contributed by atoms with Crippen LogP contribution in [0.1, 0.15) is 0 Å². The predicted molar refractivity (Wildman–Crippen MR) is 89.6 cm³/mol. The molecule has 2 N–H and O–H groups in total. The summed E-state index contributed by atoms with van der Waals surface area (Å²) < 4.78 is 19.6. The number of ether oxygens (including phenoxy) is 1. The highest BCUT2D eigenvalue weighted by Crippen LogP contribution is 2.38. The smallest absolute Gasteiger partial charge is 0.240 e. The first-order valence-electron chi connectivity index (χ1n) is 6.62. The van der Waals surface area contributed by atoms with Crippen molar-refractivity contribution in [1.82, 2.24) is 9.97 Å². The van der Waals surface area contributed by atoms with Gasteiger partial charge in [-0.15, -0.1) is 0 Å². The topological polar surface area (TPSA) is 76.1 Å². The van der Waals surface area contributed by atoms with Crippen LogP contribution in [0.2, 0.25) is 0 Å².